The van der Waals surface area contributed by atoms with Gasteiger partial charge in [-0.05, 0) is 88.0 Å². The van der Waals surface area contributed by atoms with Crippen LogP contribution >= 0.6 is 0 Å². The van der Waals surface area contributed by atoms with Gasteiger partial charge in [0.2, 0.25) is 0 Å². The molecule has 0 atom stereocenters. The second-order valence-corrected chi connectivity index (χ2v) is 12.4. The molecule has 0 aliphatic heterocycles. The molecule has 0 amide bonds. The Kier molecular flexibility index (Phi) is 6.91. The zero-order valence-corrected chi connectivity index (χ0v) is 26.5. The highest BCUT2D eigenvalue weighted by Gasteiger charge is 2.17. The van der Waals surface area contributed by atoms with Gasteiger partial charge in [-0.25, -0.2) is 0 Å². The van der Waals surface area contributed by atoms with Crippen LogP contribution in [-0.4, -0.2) is 0 Å². The Morgan fingerprint density at radius 3 is 1.00 bits per heavy atom. The summed E-state index contributed by atoms with van der Waals surface area (Å²) in [5.41, 5.74) is 12.4. The van der Waals surface area contributed by atoms with Gasteiger partial charge in [-0.15, -0.1) is 0 Å². The van der Waals surface area contributed by atoms with Crippen molar-refractivity contribution < 1.29 is 0 Å². The largest absolute Gasteiger partial charge is 0.0622 e. The molecule has 0 saturated heterocycles. The van der Waals surface area contributed by atoms with E-state index in [4.69, 9.17) is 0 Å². The molecule has 0 bridgehead atoms. The molecule has 0 aliphatic rings. The van der Waals surface area contributed by atoms with E-state index >= 15 is 0 Å². The summed E-state index contributed by atoms with van der Waals surface area (Å²) < 4.78 is 0. The van der Waals surface area contributed by atoms with Crippen molar-refractivity contribution in [3.8, 4) is 55.6 Å². The summed E-state index contributed by atoms with van der Waals surface area (Å²) in [5, 5.41) is 7.61. The van der Waals surface area contributed by atoms with E-state index in [1.54, 1.807) is 0 Å². The molecule has 0 spiro atoms. The van der Waals surface area contributed by atoms with Gasteiger partial charge in [-0.2, -0.15) is 0 Å². The SMILES string of the molecule is c1ccc(-c2ccc(-c3c4ccccc4c(-c4ccc(-c5cccc6cccc(-c7ccccc7)c56)cc4)c4ccccc34)cc2)cc1. The van der Waals surface area contributed by atoms with E-state index in [1.807, 2.05) is 0 Å². The van der Waals surface area contributed by atoms with Crippen molar-refractivity contribution in [2.75, 3.05) is 0 Å². The minimum absolute atomic E-state index is 1.22. The third-order valence-electron chi connectivity index (χ3n) is 9.69. The van der Waals surface area contributed by atoms with Crippen molar-refractivity contribution in [1.29, 1.82) is 0 Å². The van der Waals surface area contributed by atoms with Crippen LogP contribution in [0.2, 0.25) is 0 Å². The molecule has 0 heteroatoms. The van der Waals surface area contributed by atoms with E-state index in [2.05, 4.69) is 194 Å². The Balaban J connectivity index is 1.20. The molecule has 0 radical (unpaired) electrons. The maximum absolute atomic E-state index is 2.31. The molecule has 0 N–H and O–H groups in total. The zero-order chi connectivity index (χ0) is 31.9. The van der Waals surface area contributed by atoms with Crippen LogP contribution in [0.1, 0.15) is 0 Å². The summed E-state index contributed by atoms with van der Waals surface area (Å²) >= 11 is 0. The van der Waals surface area contributed by atoms with Crippen molar-refractivity contribution >= 4 is 32.3 Å². The molecule has 48 heavy (non-hydrogen) atoms. The van der Waals surface area contributed by atoms with Crippen LogP contribution in [0, 0.1) is 0 Å². The summed E-state index contributed by atoms with van der Waals surface area (Å²) in [6, 6.07) is 70.6. The van der Waals surface area contributed by atoms with E-state index < -0.39 is 0 Å². The van der Waals surface area contributed by atoms with Crippen LogP contribution in [0.3, 0.4) is 0 Å². The van der Waals surface area contributed by atoms with Crippen LogP contribution in [0.25, 0.3) is 88.0 Å². The number of hydrogen-bond donors (Lipinski definition) is 0. The lowest BCUT2D eigenvalue weighted by Gasteiger charge is -2.18. The molecule has 0 aliphatic carbocycles. The van der Waals surface area contributed by atoms with Gasteiger partial charge in [0.05, 0.1) is 0 Å². The third-order valence-corrected chi connectivity index (χ3v) is 9.69. The van der Waals surface area contributed by atoms with Crippen LogP contribution in [0.15, 0.2) is 194 Å². The van der Waals surface area contributed by atoms with E-state index in [9.17, 15) is 0 Å². The van der Waals surface area contributed by atoms with Crippen molar-refractivity contribution in [3.05, 3.63) is 194 Å². The molecule has 224 valence electrons. The summed E-state index contributed by atoms with van der Waals surface area (Å²) in [4.78, 5) is 0. The van der Waals surface area contributed by atoms with E-state index in [-0.39, 0.29) is 0 Å². The van der Waals surface area contributed by atoms with Crippen molar-refractivity contribution in [1.82, 2.24) is 0 Å². The minimum Gasteiger partial charge on any atom is -0.0622 e. The first kappa shape index (κ1) is 28.0. The van der Waals surface area contributed by atoms with Crippen LogP contribution in [0.4, 0.5) is 0 Å². The third kappa shape index (κ3) is 4.78. The molecule has 0 aromatic heterocycles. The van der Waals surface area contributed by atoms with Crippen molar-refractivity contribution in [3.63, 3.8) is 0 Å². The van der Waals surface area contributed by atoms with E-state index in [0.717, 1.165) is 0 Å². The highest BCUT2D eigenvalue weighted by Crippen LogP contribution is 2.44. The monoisotopic (exact) mass is 608 g/mol. The van der Waals surface area contributed by atoms with Crippen molar-refractivity contribution in [2.45, 2.75) is 0 Å². The number of hydrogen-bond acceptors (Lipinski definition) is 0. The average Bonchev–Trinajstić information content (AvgIpc) is 3.17. The maximum atomic E-state index is 2.31. The van der Waals surface area contributed by atoms with Gasteiger partial charge in [-0.1, -0.05) is 194 Å². The van der Waals surface area contributed by atoms with Gasteiger partial charge >= 0.3 is 0 Å². The van der Waals surface area contributed by atoms with Crippen molar-refractivity contribution in [2.24, 2.45) is 0 Å². The minimum atomic E-state index is 1.22. The Labute approximate surface area is 281 Å². The molecule has 9 aromatic carbocycles. The first-order chi connectivity index (χ1) is 23.8. The first-order valence-corrected chi connectivity index (χ1v) is 16.6. The number of benzene rings is 9. The molecular formula is C48H32. The Morgan fingerprint density at radius 2 is 0.542 bits per heavy atom. The van der Waals surface area contributed by atoms with Gasteiger partial charge in [0.15, 0.2) is 0 Å². The fraction of sp³-hybridized carbons (Fsp3) is 0. The first-order valence-electron chi connectivity index (χ1n) is 16.6. The Morgan fingerprint density at radius 1 is 0.208 bits per heavy atom. The average molecular weight is 609 g/mol. The van der Waals surface area contributed by atoms with Gasteiger partial charge in [0.25, 0.3) is 0 Å². The fourth-order valence-electron chi connectivity index (χ4n) is 7.47. The highest BCUT2D eigenvalue weighted by atomic mass is 14.2. The van der Waals surface area contributed by atoms with Crippen LogP contribution in [-0.2, 0) is 0 Å². The topological polar surface area (TPSA) is 0 Å². The summed E-state index contributed by atoms with van der Waals surface area (Å²) in [7, 11) is 0. The molecule has 0 unspecified atom stereocenters. The molecule has 0 saturated carbocycles. The smallest absolute Gasteiger partial charge is 0.00264 e. The van der Waals surface area contributed by atoms with Gasteiger partial charge in [0.1, 0.15) is 0 Å². The predicted molar refractivity (Wildman–Crippen MR) is 206 cm³/mol. The second kappa shape index (κ2) is 11.8. The fourth-order valence-corrected chi connectivity index (χ4v) is 7.47. The zero-order valence-electron chi connectivity index (χ0n) is 26.5. The Hall–Kier alpha value is -6.24. The lowest BCUT2D eigenvalue weighted by molar-refractivity contribution is 1.61. The summed E-state index contributed by atoms with van der Waals surface area (Å²) in [6.07, 6.45) is 0. The van der Waals surface area contributed by atoms with E-state index in [1.165, 1.54) is 88.0 Å². The molecule has 0 fully saturated rings. The summed E-state index contributed by atoms with van der Waals surface area (Å²) in [5.74, 6) is 0. The van der Waals surface area contributed by atoms with E-state index in [0.29, 0.717) is 0 Å². The molecule has 9 aromatic rings. The lowest BCUT2D eigenvalue weighted by Crippen LogP contribution is -1.91. The molecular weight excluding hydrogens is 577 g/mol. The van der Waals surface area contributed by atoms with Gasteiger partial charge in [0, 0.05) is 0 Å². The quantitative estimate of drug-likeness (QED) is 0.171. The number of fused-ring (bicyclic) bond motifs is 3. The van der Waals surface area contributed by atoms with Gasteiger partial charge < -0.3 is 0 Å². The number of rotatable bonds is 5. The van der Waals surface area contributed by atoms with Crippen LogP contribution in [0.5, 0.6) is 0 Å². The summed E-state index contributed by atoms with van der Waals surface area (Å²) in [6.45, 7) is 0. The normalized spacial score (nSPS) is 11.3. The molecule has 0 heterocycles. The molecule has 9 rings (SSSR count). The highest BCUT2D eigenvalue weighted by molar-refractivity contribution is 6.21. The Bertz CT molecular complexity index is 2500. The van der Waals surface area contributed by atoms with Crippen LogP contribution < -0.4 is 0 Å². The van der Waals surface area contributed by atoms with Gasteiger partial charge in [-0.3, -0.25) is 0 Å². The standard InChI is InChI=1S/C48H32/c1-3-13-33(14-4-1)34-25-29-38(30-26-34)47-42-19-7-9-21-44(42)48(45-22-10-8-20-43(45)47)39-31-27-36(28-32-39)41-24-12-18-37-17-11-23-40(46(37)41)35-15-5-2-6-16-35/h1-32H. The molecule has 0 nitrogen and oxygen atoms in total. The second-order valence-electron chi connectivity index (χ2n) is 12.4. The maximum Gasteiger partial charge on any atom is -0.00264 e. The predicted octanol–water partition coefficient (Wildman–Crippen LogP) is 13.5. The lowest BCUT2D eigenvalue weighted by atomic mass is 9.85.